The molecule has 84 valence electrons. The zero-order valence-electron chi connectivity index (χ0n) is 8.76. The van der Waals surface area contributed by atoms with Crippen LogP contribution in [0.15, 0.2) is 28.8 Å². The SMILES string of the molecule is NCCc1noc(Cc2cccc(O)c2)n1. The Balaban J connectivity index is 2.08. The van der Waals surface area contributed by atoms with E-state index in [4.69, 9.17) is 10.3 Å². The second-order valence-electron chi connectivity index (χ2n) is 3.49. The molecule has 0 saturated heterocycles. The molecule has 0 spiro atoms. The number of benzene rings is 1. The summed E-state index contributed by atoms with van der Waals surface area (Å²) in [6.07, 6.45) is 1.13. The first-order valence-electron chi connectivity index (χ1n) is 5.07. The van der Waals surface area contributed by atoms with Crippen molar-refractivity contribution >= 4 is 0 Å². The molecular weight excluding hydrogens is 206 g/mol. The summed E-state index contributed by atoms with van der Waals surface area (Å²) in [7, 11) is 0. The predicted molar refractivity (Wildman–Crippen MR) is 58.0 cm³/mol. The Morgan fingerprint density at radius 3 is 3.00 bits per heavy atom. The van der Waals surface area contributed by atoms with Gasteiger partial charge in [-0.15, -0.1) is 0 Å². The molecule has 0 aliphatic rings. The van der Waals surface area contributed by atoms with Crippen LogP contribution in [0.2, 0.25) is 0 Å². The van der Waals surface area contributed by atoms with Gasteiger partial charge in [0.2, 0.25) is 5.89 Å². The summed E-state index contributed by atoms with van der Waals surface area (Å²) in [5, 5.41) is 13.1. The number of rotatable bonds is 4. The molecular formula is C11H13N3O2. The minimum atomic E-state index is 0.235. The molecule has 0 atom stereocenters. The maximum absolute atomic E-state index is 9.30. The molecule has 0 aliphatic carbocycles. The minimum Gasteiger partial charge on any atom is -0.508 e. The van der Waals surface area contributed by atoms with E-state index in [2.05, 4.69) is 10.1 Å². The molecule has 0 bridgehead atoms. The molecule has 1 aromatic carbocycles. The summed E-state index contributed by atoms with van der Waals surface area (Å²) in [5.41, 5.74) is 6.32. The first-order chi connectivity index (χ1) is 7.78. The third-order valence-corrected chi connectivity index (χ3v) is 2.14. The average molecular weight is 219 g/mol. The van der Waals surface area contributed by atoms with E-state index < -0.39 is 0 Å². The van der Waals surface area contributed by atoms with Crippen molar-refractivity contribution in [3.8, 4) is 5.75 Å². The standard InChI is InChI=1S/C11H13N3O2/c12-5-4-10-13-11(16-14-10)7-8-2-1-3-9(15)6-8/h1-3,6,15H,4-5,7,12H2. The van der Waals surface area contributed by atoms with Crippen LogP contribution in [0.25, 0.3) is 0 Å². The highest BCUT2D eigenvalue weighted by atomic mass is 16.5. The Morgan fingerprint density at radius 1 is 1.38 bits per heavy atom. The zero-order valence-corrected chi connectivity index (χ0v) is 8.76. The monoisotopic (exact) mass is 219 g/mol. The molecule has 0 fully saturated rings. The fraction of sp³-hybridized carbons (Fsp3) is 0.273. The van der Waals surface area contributed by atoms with Crippen LogP contribution in [0.5, 0.6) is 5.75 Å². The van der Waals surface area contributed by atoms with E-state index in [1.54, 1.807) is 18.2 Å². The summed E-state index contributed by atoms with van der Waals surface area (Å²) in [6.45, 7) is 0.505. The van der Waals surface area contributed by atoms with Gasteiger partial charge in [0.05, 0.1) is 6.42 Å². The van der Waals surface area contributed by atoms with Gasteiger partial charge in [-0.1, -0.05) is 17.3 Å². The van der Waals surface area contributed by atoms with Crippen LogP contribution in [0.1, 0.15) is 17.3 Å². The summed E-state index contributed by atoms with van der Waals surface area (Å²) in [6, 6.07) is 6.97. The van der Waals surface area contributed by atoms with Gasteiger partial charge in [0, 0.05) is 6.42 Å². The van der Waals surface area contributed by atoms with E-state index in [0.29, 0.717) is 31.1 Å². The molecule has 0 saturated carbocycles. The number of phenols is 1. The fourth-order valence-electron chi connectivity index (χ4n) is 1.43. The molecule has 2 aromatic rings. The Bertz CT molecular complexity index is 468. The second-order valence-corrected chi connectivity index (χ2v) is 3.49. The van der Waals surface area contributed by atoms with Gasteiger partial charge in [-0.25, -0.2) is 0 Å². The molecule has 5 nitrogen and oxygen atoms in total. The van der Waals surface area contributed by atoms with Crippen molar-refractivity contribution in [2.45, 2.75) is 12.8 Å². The van der Waals surface area contributed by atoms with E-state index in [9.17, 15) is 5.11 Å². The Labute approximate surface area is 92.9 Å². The zero-order chi connectivity index (χ0) is 11.4. The maximum Gasteiger partial charge on any atom is 0.231 e. The highest BCUT2D eigenvalue weighted by Crippen LogP contribution is 2.14. The summed E-state index contributed by atoms with van der Waals surface area (Å²) < 4.78 is 5.06. The third kappa shape index (κ3) is 2.58. The van der Waals surface area contributed by atoms with Crippen molar-refractivity contribution in [2.24, 2.45) is 5.73 Å². The fourth-order valence-corrected chi connectivity index (χ4v) is 1.43. The third-order valence-electron chi connectivity index (χ3n) is 2.14. The first kappa shape index (κ1) is 10.6. The summed E-state index contributed by atoms with van der Waals surface area (Å²) >= 11 is 0. The first-order valence-corrected chi connectivity index (χ1v) is 5.07. The molecule has 0 radical (unpaired) electrons. The van der Waals surface area contributed by atoms with Crippen molar-refractivity contribution in [2.75, 3.05) is 6.54 Å². The molecule has 2 rings (SSSR count). The lowest BCUT2D eigenvalue weighted by molar-refractivity contribution is 0.379. The van der Waals surface area contributed by atoms with E-state index in [-0.39, 0.29) is 5.75 Å². The van der Waals surface area contributed by atoms with Crippen molar-refractivity contribution in [1.82, 2.24) is 10.1 Å². The maximum atomic E-state index is 9.30. The largest absolute Gasteiger partial charge is 0.508 e. The lowest BCUT2D eigenvalue weighted by Gasteiger charge is -1.96. The van der Waals surface area contributed by atoms with Gasteiger partial charge in [0.15, 0.2) is 5.82 Å². The molecule has 1 heterocycles. The van der Waals surface area contributed by atoms with Gasteiger partial charge >= 0.3 is 0 Å². The number of phenolic OH excluding ortho intramolecular Hbond substituents is 1. The van der Waals surface area contributed by atoms with Crippen LogP contribution < -0.4 is 5.73 Å². The molecule has 0 amide bonds. The molecule has 0 unspecified atom stereocenters. The van der Waals surface area contributed by atoms with Crippen LogP contribution in [-0.2, 0) is 12.8 Å². The number of hydrogen-bond acceptors (Lipinski definition) is 5. The number of aromatic nitrogens is 2. The van der Waals surface area contributed by atoms with Gasteiger partial charge in [-0.05, 0) is 24.2 Å². The van der Waals surface area contributed by atoms with Crippen LogP contribution >= 0.6 is 0 Å². The number of hydrogen-bond donors (Lipinski definition) is 2. The minimum absolute atomic E-state index is 0.235. The number of nitrogens with zero attached hydrogens (tertiary/aromatic N) is 2. The predicted octanol–water partition coefficient (Wildman–Crippen LogP) is 0.867. The van der Waals surface area contributed by atoms with Gasteiger partial charge < -0.3 is 15.4 Å². The molecule has 3 N–H and O–H groups in total. The van der Waals surface area contributed by atoms with Crippen LogP contribution in [-0.4, -0.2) is 21.8 Å². The lowest BCUT2D eigenvalue weighted by Crippen LogP contribution is -2.04. The van der Waals surface area contributed by atoms with E-state index in [1.807, 2.05) is 6.07 Å². The van der Waals surface area contributed by atoms with Crippen molar-refractivity contribution in [1.29, 1.82) is 0 Å². The van der Waals surface area contributed by atoms with Gasteiger partial charge in [0.25, 0.3) is 0 Å². The van der Waals surface area contributed by atoms with Crippen LogP contribution in [0, 0.1) is 0 Å². The van der Waals surface area contributed by atoms with Crippen molar-refractivity contribution in [3.05, 3.63) is 41.5 Å². The average Bonchev–Trinajstić information content (AvgIpc) is 2.66. The highest BCUT2D eigenvalue weighted by molar-refractivity contribution is 5.28. The molecule has 5 heteroatoms. The molecule has 16 heavy (non-hydrogen) atoms. The second kappa shape index (κ2) is 4.76. The van der Waals surface area contributed by atoms with Crippen molar-refractivity contribution < 1.29 is 9.63 Å². The molecule has 1 aromatic heterocycles. The van der Waals surface area contributed by atoms with Gasteiger partial charge in [0.1, 0.15) is 5.75 Å². The number of nitrogens with two attached hydrogens (primary N) is 1. The van der Waals surface area contributed by atoms with Crippen LogP contribution in [0.4, 0.5) is 0 Å². The Kier molecular flexibility index (Phi) is 3.16. The topological polar surface area (TPSA) is 85.2 Å². The smallest absolute Gasteiger partial charge is 0.231 e. The van der Waals surface area contributed by atoms with Crippen molar-refractivity contribution in [3.63, 3.8) is 0 Å². The number of aromatic hydroxyl groups is 1. The molecule has 0 aliphatic heterocycles. The van der Waals surface area contributed by atoms with Gasteiger partial charge in [-0.3, -0.25) is 0 Å². The normalized spacial score (nSPS) is 10.6. The van der Waals surface area contributed by atoms with Crippen LogP contribution in [0.3, 0.4) is 0 Å². The van der Waals surface area contributed by atoms with E-state index >= 15 is 0 Å². The summed E-state index contributed by atoms with van der Waals surface area (Å²) in [4.78, 5) is 4.19. The summed E-state index contributed by atoms with van der Waals surface area (Å²) in [5.74, 6) is 1.39. The van der Waals surface area contributed by atoms with Gasteiger partial charge in [-0.2, -0.15) is 4.98 Å². The van der Waals surface area contributed by atoms with E-state index in [0.717, 1.165) is 5.56 Å². The highest BCUT2D eigenvalue weighted by Gasteiger charge is 2.06. The Hall–Kier alpha value is -1.88. The quantitative estimate of drug-likeness (QED) is 0.796. The lowest BCUT2D eigenvalue weighted by atomic mass is 10.1. The Morgan fingerprint density at radius 2 is 2.25 bits per heavy atom. The van der Waals surface area contributed by atoms with E-state index in [1.165, 1.54) is 0 Å².